The van der Waals surface area contributed by atoms with E-state index in [2.05, 4.69) is 32.4 Å². The molecule has 0 radical (unpaired) electrons. The van der Waals surface area contributed by atoms with Gasteiger partial charge in [0.2, 0.25) is 0 Å². The molecule has 0 fully saturated rings. The molecule has 1 atom stereocenters. The maximum atomic E-state index is 4.35. The number of nitrogens with one attached hydrogen (secondary N) is 1. The molecule has 0 aromatic carbocycles. The average Bonchev–Trinajstić information content (AvgIpc) is 3.10. The Hall–Kier alpha value is -2.70. The van der Waals surface area contributed by atoms with Crippen LogP contribution < -0.4 is 5.32 Å². The normalized spacial score (nSPS) is 12.3. The summed E-state index contributed by atoms with van der Waals surface area (Å²) in [5, 5.41) is 11.7. The summed E-state index contributed by atoms with van der Waals surface area (Å²) in [7, 11) is 1.93. The Morgan fingerprint density at radius 3 is 2.80 bits per heavy atom. The minimum absolute atomic E-state index is 0.106. The van der Waals surface area contributed by atoms with Crippen molar-refractivity contribution in [2.75, 3.05) is 5.32 Å². The van der Waals surface area contributed by atoms with E-state index in [1.54, 1.807) is 23.4 Å². The molecule has 20 heavy (non-hydrogen) atoms. The predicted molar refractivity (Wildman–Crippen MR) is 74.4 cm³/mol. The number of aryl methyl sites for hydroxylation is 1. The summed E-state index contributed by atoms with van der Waals surface area (Å²) in [6.45, 7) is 2.08. The second-order valence-corrected chi connectivity index (χ2v) is 4.46. The summed E-state index contributed by atoms with van der Waals surface area (Å²) in [5.74, 6) is 0.721. The summed E-state index contributed by atoms with van der Waals surface area (Å²) >= 11 is 0. The number of anilines is 1. The van der Waals surface area contributed by atoms with Crippen LogP contribution in [-0.4, -0.2) is 29.5 Å². The monoisotopic (exact) mass is 269 g/mol. The molecule has 0 aliphatic heterocycles. The number of aromatic nitrogens is 6. The van der Waals surface area contributed by atoms with Gasteiger partial charge in [0.1, 0.15) is 12.7 Å². The van der Waals surface area contributed by atoms with E-state index in [1.165, 1.54) is 6.33 Å². The topological polar surface area (TPSA) is 73.5 Å². The van der Waals surface area contributed by atoms with Crippen LogP contribution in [0.25, 0.3) is 5.82 Å². The molecule has 3 aromatic heterocycles. The van der Waals surface area contributed by atoms with Gasteiger partial charge in [-0.15, -0.1) is 0 Å². The van der Waals surface area contributed by atoms with E-state index in [1.807, 2.05) is 29.9 Å². The van der Waals surface area contributed by atoms with Crippen LogP contribution in [0.3, 0.4) is 0 Å². The molecule has 7 heteroatoms. The maximum absolute atomic E-state index is 4.35. The van der Waals surface area contributed by atoms with Crippen molar-refractivity contribution in [3.63, 3.8) is 0 Å². The third-order valence-corrected chi connectivity index (χ3v) is 3.10. The SMILES string of the molecule is CC(Nc1cccnc1-n1cncn1)c1ccnn1C. The molecule has 1 unspecified atom stereocenters. The Bertz CT molecular complexity index is 686. The minimum atomic E-state index is 0.106. The van der Waals surface area contributed by atoms with Gasteiger partial charge in [0, 0.05) is 19.4 Å². The smallest absolute Gasteiger partial charge is 0.178 e. The van der Waals surface area contributed by atoms with E-state index in [0.717, 1.165) is 17.2 Å². The number of hydrogen-bond donors (Lipinski definition) is 1. The van der Waals surface area contributed by atoms with Crippen molar-refractivity contribution in [2.24, 2.45) is 7.05 Å². The van der Waals surface area contributed by atoms with Crippen LogP contribution in [0.4, 0.5) is 5.69 Å². The second kappa shape index (κ2) is 5.12. The Labute approximate surface area is 116 Å². The molecule has 7 nitrogen and oxygen atoms in total. The summed E-state index contributed by atoms with van der Waals surface area (Å²) in [6, 6.07) is 5.95. The van der Waals surface area contributed by atoms with E-state index in [4.69, 9.17) is 0 Å². The first-order valence-corrected chi connectivity index (χ1v) is 6.30. The number of rotatable bonds is 4. The lowest BCUT2D eigenvalue weighted by Crippen LogP contribution is -2.13. The van der Waals surface area contributed by atoms with E-state index in [9.17, 15) is 0 Å². The van der Waals surface area contributed by atoms with Gasteiger partial charge in [0.15, 0.2) is 5.82 Å². The highest BCUT2D eigenvalue weighted by Crippen LogP contribution is 2.22. The van der Waals surface area contributed by atoms with Crippen molar-refractivity contribution in [1.29, 1.82) is 0 Å². The molecule has 3 aromatic rings. The fraction of sp³-hybridized carbons (Fsp3) is 0.231. The first kappa shape index (κ1) is 12.3. The highest BCUT2D eigenvalue weighted by atomic mass is 15.3. The van der Waals surface area contributed by atoms with Gasteiger partial charge in [-0.1, -0.05) is 0 Å². The fourth-order valence-corrected chi connectivity index (χ4v) is 2.13. The predicted octanol–water partition coefficient (Wildman–Crippen LogP) is 1.57. The Balaban J connectivity index is 1.90. The zero-order valence-corrected chi connectivity index (χ0v) is 11.3. The van der Waals surface area contributed by atoms with E-state index >= 15 is 0 Å². The summed E-state index contributed by atoms with van der Waals surface area (Å²) in [4.78, 5) is 8.31. The molecule has 0 saturated heterocycles. The van der Waals surface area contributed by atoms with Gasteiger partial charge in [-0.2, -0.15) is 10.2 Å². The summed E-state index contributed by atoms with van der Waals surface area (Å²) in [6.07, 6.45) is 6.64. The number of hydrogen-bond acceptors (Lipinski definition) is 5. The molecule has 0 amide bonds. The Morgan fingerprint density at radius 2 is 2.10 bits per heavy atom. The quantitative estimate of drug-likeness (QED) is 0.778. The van der Waals surface area contributed by atoms with Gasteiger partial charge < -0.3 is 5.32 Å². The van der Waals surface area contributed by atoms with Crippen molar-refractivity contribution in [3.05, 3.63) is 48.9 Å². The highest BCUT2D eigenvalue weighted by Gasteiger charge is 2.13. The van der Waals surface area contributed by atoms with Crippen LogP contribution in [-0.2, 0) is 7.05 Å². The van der Waals surface area contributed by atoms with Gasteiger partial charge in [-0.05, 0) is 25.1 Å². The van der Waals surface area contributed by atoms with Crippen molar-refractivity contribution in [2.45, 2.75) is 13.0 Å². The minimum Gasteiger partial charge on any atom is -0.374 e. The van der Waals surface area contributed by atoms with Gasteiger partial charge in [-0.3, -0.25) is 4.68 Å². The molecule has 1 N–H and O–H groups in total. The molecule has 0 aliphatic rings. The van der Waals surface area contributed by atoms with E-state index in [-0.39, 0.29) is 6.04 Å². The maximum Gasteiger partial charge on any atom is 0.178 e. The second-order valence-electron chi connectivity index (χ2n) is 4.46. The standard InChI is InChI=1S/C13H15N7/c1-10(12-5-7-16-19(12)2)18-11-4-3-6-15-13(11)20-9-14-8-17-20/h3-10,18H,1-2H3. The zero-order valence-electron chi connectivity index (χ0n) is 11.3. The van der Waals surface area contributed by atoms with Crippen LogP contribution in [0.1, 0.15) is 18.7 Å². The average molecular weight is 269 g/mol. The van der Waals surface area contributed by atoms with Gasteiger partial charge in [0.05, 0.1) is 17.4 Å². The van der Waals surface area contributed by atoms with Crippen molar-refractivity contribution < 1.29 is 0 Å². The van der Waals surface area contributed by atoms with E-state index in [0.29, 0.717) is 0 Å². The van der Waals surface area contributed by atoms with Gasteiger partial charge in [-0.25, -0.2) is 14.6 Å². The summed E-state index contributed by atoms with van der Waals surface area (Å²) < 4.78 is 3.49. The Morgan fingerprint density at radius 1 is 1.20 bits per heavy atom. The van der Waals surface area contributed by atoms with E-state index < -0.39 is 0 Å². The van der Waals surface area contributed by atoms with Crippen molar-refractivity contribution >= 4 is 5.69 Å². The largest absolute Gasteiger partial charge is 0.374 e. The fourth-order valence-electron chi connectivity index (χ4n) is 2.13. The third kappa shape index (κ3) is 2.25. The van der Waals surface area contributed by atoms with Crippen molar-refractivity contribution in [1.82, 2.24) is 29.5 Å². The van der Waals surface area contributed by atoms with Crippen LogP contribution in [0, 0.1) is 0 Å². The van der Waals surface area contributed by atoms with Crippen LogP contribution >= 0.6 is 0 Å². The number of nitrogens with zero attached hydrogens (tertiary/aromatic N) is 6. The van der Waals surface area contributed by atoms with Crippen LogP contribution in [0.5, 0.6) is 0 Å². The molecule has 0 bridgehead atoms. The lowest BCUT2D eigenvalue weighted by Gasteiger charge is -2.17. The van der Waals surface area contributed by atoms with Gasteiger partial charge in [0.25, 0.3) is 0 Å². The highest BCUT2D eigenvalue weighted by molar-refractivity contribution is 5.57. The first-order chi connectivity index (χ1) is 9.75. The molecular formula is C13H15N7. The number of pyridine rings is 1. The molecule has 0 spiro atoms. The molecule has 102 valence electrons. The zero-order chi connectivity index (χ0) is 13.9. The van der Waals surface area contributed by atoms with Crippen LogP contribution in [0.2, 0.25) is 0 Å². The molecule has 0 aliphatic carbocycles. The van der Waals surface area contributed by atoms with Gasteiger partial charge >= 0.3 is 0 Å². The lowest BCUT2D eigenvalue weighted by molar-refractivity contribution is 0.674. The molecule has 3 heterocycles. The first-order valence-electron chi connectivity index (χ1n) is 6.30. The molecule has 3 rings (SSSR count). The van der Waals surface area contributed by atoms with Crippen LogP contribution in [0.15, 0.2) is 43.2 Å². The molecule has 0 saturated carbocycles. The Kier molecular flexibility index (Phi) is 3.16. The third-order valence-electron chi connectivity index (χ3n) is 3.10. The summed E-state index contributed by atoms with van der Waals surface area (Å²) in [5.41, 5.74) is 1.99. The van der Waals surface area contributed by atoms with Crippen molar-refractivity contribution in [3.8, 4) is 5.82 Å². The molecular weight excluding hydrogens is 254 g/mol. The lowest BCUT2D eigenvalue weighted by atomic mass is 10.2.